The molecule has 14 heavy (non-hydrogen) atoms. The van der Waals surface area contributed by atoms with Crippen LogP contribution in [0.3, 0.4) is 0 Å². The van der Waals surface area contributed by atoms with Crippen molar-refractivity contribution in [3.05, 3.63) is 20.8 Å². The molecule has 1 aromatic heterocycles. The molecule has 0 aromatic carbocycles. The molecule has 1 unspecified atom stereocenters. The molecule has 0 radical (unpaired) electrons. The highest BCUT2D eigenvalue weighted by molar-refractivity contribution is 9.10. The van der Waals surface area contributed by atoms with E-state index in [4.69, 9.17) is 0 Å². The van der Waals surface area contributed by atoms with Gasteiger partial charge in [-0.25, -0.2) is 0 Å². The van der Waals surface area contributed by atoms with Gasteiger partial charge in [0.2, 0.25) is 0 Å². The second-order valence-corrected chi connectivity index (χ2v) is 5.69. The highest BCUT2D eigenvalue weighted by Gasteiger charge is 2.10. The predicted octanol–water partition coefficient (Wildman–Crippen LogP) is 4.03. The zero-order chi connectivity index (χ0) is 10.6. The molecule has 1 N–H and O–H groups in total. The highest BCUT2D eigenvalue weighted by atomic mass is 79.9. The van der Waals surface area contributed by atoms with Crippen LogP contribution in [0.25, 0.3) is 0 Å². The van der Waals surface area contributed by atoms with Crippen molar-refractivity contribution in [1.29, 1.82) is 0 Å². The lowest BCUT2D eigenvalue weighted by molar-refractivity contribution is 0.388. The zero-order valence-electron chi connectivity index (χ0n) is 9.01. The lowest BCUT2D eigenvalue weighted by atomic mass is 10.0. The van der Waals surface area contributed by atoms with Gasteiger partial charge in [-0.1, -0.05) is 20.8 Å². The largest absolute Gasteiger partial charge is 0.309 e. The van der Waals surface area contributed by atoms with Gasteiger partial charge in [-0.15, -0.1) is 11.3 Å². The van der Waals surface area contributed by atoms with E-state index in [0.29, 0.717) is 12.0 Å². The Balaban J connectivity index is 2.43. The fourth-order valence-electron chi connectivity index (χ4n) is 1.53. The molecular formula is C11H18BrNS. The van der Waals surface area contributed by atoms with Crippen LogP contribution in [0.1, 0.15) is 32.1 Å². The van der Waals surface area contributed by atoms with Crippen LogP contribution < -0.4 is 5.32 Å². The number of thiophene rings is 1. The Kier molecular flexibility index (Phi) is 5.13. The number of nitrogens with one attached hydrogen (secondary N) is 1. The van der Waals surface area contributed by atoms with Crippen molar-refractivity contribution in [2.75, 3.05) is 0 Å². The van der Waals surface area contributed by atoms with Gasteiger partial charge >= 0.3 is 0 Å². The minimum atomic E-state index is 0.629. The molecular weight excluding hydrogens is 258 g/mol. The Hall–Kier alpha value is 0.140. The molecule has 1 rings (SSSR count). The molecule has 80 valence electrons. The summed E-state index contributed by atoms with van der Waals surface area (Å²) in [6, 6.07) is 2.74. The summed E-state index contributed by atoms with van der Waals surface area (Å²) in [5, 5.41) is 5.71. The second-order valence-electron chi connectivity index (χ2n) is 3.83. The Bertz CT molecular complexity index is 270. The first-order valence-corrected chi connectivity index (χ1v) is 6.77. The van der Waals surface area contributed by atoms with E-state index in [1.165, 1.54) is 15.8 Å². The fraction of sp³-hybridized carbons (Fsp3) is 0.636. The van der Waals surface area contributed by atoms with Crippen LogP contribution in [0.15, 0.2) is 15.9 Å². The normalized spacial score (nSPS) is 13.5. The average molecular weight is 276 g/mol. The van der Waals surface area contributed by atoms with Gasteiger partial charge in [-0.3, -0.25) is 0 Å². The van der Waals surface area contributed by atoms with Gasteiger partial charge in [-0.2, -0.15) is 0 Å². The fourth-order valence-corrected chi connectivity index (χ4v) is 2.97. The van der Waals surface area contributed by atoms with Crippen molar-refractivity contribution in [1.82, 2.24) is 5.32 Å². The van der Waals surface area contributed by atoms with Crippen LogP contribution in [-0.4, -0.2) is 6.04 Å². The standard InChI is InChI=1S/C11H18BrNS/c1-4-10(8(2)3)13-7-11-9(12)5-6-14-11/h5-6,8,10,13H,4,7H2,1-3H3. The summed E-state index contributed by atoms with van der Waals surface area (Å²) in [6.45, 7) is 7.76. The highest BCUT2D eigenvalue weighted by Crippen LogP contribution is 2.22. The second kappa shape index (κ2) is 5.89. The average Bonchev–Trinajstić information content (AvgIpc) is 2.52. The smallest absolute Gasteiger partial charge is 0.0327 e. The number of hydrogen-bond donors (Lipinski definition) is 1. The summed E-state index contributed by atoms with van der Waals surface area (Å²) in [6.07, 6.45) is 1.20. The molecule has 1 nitrogen and oxygen atoms in total. The number of halogens is 1. The number of rotatable bonds is 5. The number of hydrogen-bond acceptors (Lipinski definition) is 2. The molecule has 1 atom stereocenters. The van der Waals surface area contributed by atoms with E-state index in [1.807, 2.05) is 0 Å². The van der Waals surface area contributed by atoms with Crippen LogP contribution >= 0.6 is 27.3 Å². The van der Waals surface area contributed by atoms with E-state index >= 15 is 0 Å². The van der Waals surface area contributed by atoms with Crippen molar-refractivity contribution >= 4 is 27.3 Å². The molecule has 0 bridgehead atoms. The van der Waals surface area contributed by atoms with Gasteiger partial charge in [0.05, 0.1) is 0 Å². The van der Waals surface area contributed by atoms with Gasteiger partial charge in [0, 0.05) is 21.9 Å². The maximum absolute atomic E-state index is 3.59. The van der Waals surface area contributed by atoms with Crippen LogP contribution in [0.4, 0.5) is 0 Å². The first kappa shape index (κ1) is 12.2. The third-order valence-corrected chi connectivity index (χ3v) is 4.39. The van der Waals surface area contributed by atoms with E-state index < -0.39 is 0 Å². The van der Waals surface area contributed by atoms with Gasteiger partial charge in [-0.05, 0) is 39.7 Å². The van der Waals surface area contributed by atoms with E-state index in [0.717, 1.165) is 6.54 Å². The molecule has 0 spiro atoms. The van der Waals surface area contributed by atoms with Gasteiger partial charge in [0.25, 0.3) is 0 Å². The Morgan fingerprint density at radius 1 is 1.50 bits per heavy atom. The molecule has 0 aliphatic heterocycles. The summed E-state index contributed by atoms with van der Waals surface area (Å²) < 4.78 is 1.23. The topological polar surface area (TPSA) is 12.0 Å². The minimum Gasteiger partial charge on any atom is -0.309 e. The molecule has 3 heteroatoms. The quantitative estimate of drug-likeness (QED) is 0.856. The van der Waals surface area contributed by atoms with Crippen molar-refractivity contribution in [2.45, 2.75) is 39.8 Å². The van der Waals surface area contributed by atoms with Crippen LogP contribution in [0.2, 0.25) is 0 Å². The van der Waals surface area contributed by atoms with Crippen molar-refractivity contribution in [2.24, 2.45) is 5.92 Å². The third kappa shape index (κ3) is 3.37. The van der Waals surface area contributed by atoms with Gasteiger partial charge in [0.1, 0.15) is 0 Å². The first-order valence-electron chi connectivity index (χ1n) is 5.10. The van der Waals surface area contributed by atoms with E-state index in [2.05, 4.69) is 53.5 Å². The summed E-state index contributed by atoms with van der Waals surface area (Å²) in [4.78, 5) is 1.39. The van der Waals surface area contributed by atoms with E-state index in [-0.39, 0.29) is 0 Å². The SMILES string of the molecule is CCC(NCc1sccc1Br)C(C)C. The monoisotopic (exact) mass is 275 g/mol. The van der Waals surface area contributed by atoms with Crippen LogP contribution in [-0.2, 0) is 6.54 Å². The Morgan fingerprint density at radius 2 is 2.21 bits per heavy atom. The van der Waals surface area contributed by atoms with Crippen molar-refractivity contribution in [3.8, 4) is 0 Å². The molecule has 0 saturated carbocycles. The molecule has 1 heterocycles. The molecule has 0 aliphatic carbocycles. The Labute approximate surface area is 99.0 Å². The Morgan fingerprint density at radius 3 is 2.64 bits per heavy atom. The molecule has 0 aliphatic rings. The predicted molar refractivity (Wildman–Crippen MR) is 67.8 cm³/mol. The van der Waals surface area contributed by atoms with Crippen LogP contribution in [0, 0.1) is 5.92 Å². The van der Waals surface area contributed by atoms with Crippen molar-refractivity contribution in [3.63, 3.8) is 0 Å². The van der Waals surface area contributed by atoms with E-state index in [9.17, 15) is 0 Å². The van der Waals surface area contributed by atoms with Crippen LogP contribution in [0.5, 0.6) is 0 Å². The lowest BCUT2D eigenvalue weighted by Crippen LogP contribution is -2.32. The van der Waals surface area contributed by atoms with E-state index in [1.54, 1.807) is 11.3 Å². The minimum absolute atomic E-state index is 0.629. The van der Waals surface area contributed by atoms with Gasteiger partial charge < -0.3 is 5.32 Å². The maximum Gasteiger partial charge on any atom is 0.0327 e. The first-order chi connectivity index (χ1) is 6.65. The lowest BCUT2D eigenvalue weighted by Gasteiger charge is -2.20. The van der Waals surface area contributed by atoms with Crippen molar-refractivity contribution < 1.29 is 0 Å². The zero-order valence-corrected chi connectivity index (χ0v) is 11.4. The third-order valence-electron chi connectivity index (χ3n) is 2.46. The molecule has 0 fully saturated rings. The molecule has 1 aromatic rings. The summed E-state index contributed by atoms with van der Waals surface area (Å²) in [5.74, 6) is 0.707. The maximum atomic E-state index is 3.59. The summed E-state index contributed by atoms with van der Waals surface area (Å²) in [5.41, 5.74) is 0. The van der Waals surface area contributed by atoms with Gasteiger partial charge in [0.15, 0.2) is 0 Å². The molecule has 0 amide bonds. The summed E-state index contributed by atoms with van der Waals surface area (Å²) in [7, 11) is 0. The molecule has 0 saturated heterocycles. The summed E-state index contributed by atoms with van der Waals surface area (Å²) >= 11 is 5.35.